The molecule has 5 nitrogen and oxygen atoms in total. The first-order valence-electron chi connectivity index (χ1n) is 10.2. The maximum absolute atomic E-state index is 12.8. The minimum absolute atomic E-state index is 0.131. The van der Waals surface area contributed by atoms with Crippen LogP contribution in [-0.4, -0.2) is 27.1 Å². The molecule has 2 aromatic carbocycles. The van der Waals surface area contributed by atoms with Gasteiger partial charge in [0.1, 0.15) is 6.54 Å². The Balaban J connectivity index is 1.77. The minimum atomic E-state index is -3.58. The summed E-state index contributed by atoms with van der Waals surface area (Å²) in [5, 5.41) is 3.04. The zero-order valence-corrected chi connectivity index (χ0v) is 18.3. The lowest BCUT2D eigenvalue weighted by Crippen LogP contribution is -2.41. The SMILES string of the molecule is CC[C@H](NC(=O)CN(c1ccccc1C)S(C)(=O)=O)c1ccc2c(c1)CCCC2. The van der Waals surface area contributed by atoms with Crippen molar-refractivity contribution in [2.24, 2.45) is 0 Å². The van der Waals surface area contributed by atoms with Crippen LogP contribution in [0.5, 0.6) is 0 Å². The molecule has 1 amide bonds. The summed E-state index contributed by atoms with van der Waals surface area (Å²) in [6.07, 6.45) is 6.53. The van der Waals surface area contributed by atoms with Gasteiger partial charge in [-0.1, -0.05) is 43.3 Å². The van der Waals surface area contributed by atoms with Crippen LogP contribution in [0.15, 0.2) is 42.5 Å². The molecule has 1 aliphatic carbocycles. The second-order valence-corrected chi connectivity index (χ2v) is 9.73. The van der Waals surface area contributed by atoms with Crippen LogP contribution in [-0.2, 0) is 27.7 Å². The van der Waals surface area contributed by atoms with Crippen molar-refractivity contribution in [3.63, 3.8) is 0 Å². The first kappa shape index (κ1) is 21.4. The Labute approximate surface area is 174 Å². The van der Waals surface area contributed by atoms with Crippen LogP contribution in [0.3, 0.4) is 0 Å². The topological polar surface area (TPSA) is 66.5 Å². The Kier molecular flexibility index (Phi) is 6.63. The molecule has 0 saturated heterocycles. The summed E-state index contributed by atoms with van der Waals surface area (Å²) in [7, 11) is -3.58. The highest BCUT2D eigenvalue weighted by Crippen LogP contribution is 2.26. The van der Waals surface area contributed by atoms with Crippen LogP contribution in [0.25, 0.3) is 0 Å². The normalized spacial score (nSPS) is 14.7. The van der Waals surface area contributed by atoms with Gasteiger partial charge in [-0.25, -0.2) is 8.42 Å². The van der Waals surface area contributed by atoms with Crippen molar-refractivity contribution in [3.05, 3.63) is 64.7 Å². The quantitative estimate of drug-likeness (QED) is 0.747. The number of anilines is 1. The molecule has 0 spiro atoms. The Morgan fingerprint density at radius 1 is 1.10 bits per heavy atom. The Morgan fingerprint density at radius 2 is 1.79 bits per heavy atom. The van der Waals surface area contributed by atoms with E-state index in [0.717, 1.165) is 36.6 Å². The molecular formula is C23H30N2O3S. The number of fused-ring (bicyclic) bond motifs is 1. The second kappa shape index (κ2) is 8.99. The first-order chi connectivity index (χ1) is 13.8. The fourth-order valence-corrected chi connectivity index (χ4v) is 4.90. The van der Waals surface area contributed by atoms with E-state index in [2.05, 4.69) is 23.5 Å². The van der Waals surface area contributed by atoms with Gasteiger partial charge in [-0.05, 0) is 67.3 Å². The first-order valence-corrected chi connectivity index (χ1v) is 12.1. The minimum Gasteiger partial charge on any atom is -0.348 e. The number of rotatable bonds is 7. The average molecular weight is 415 g/mol. The van der Waals surface area contributed by atoms with Gasteiger partial charge in [0.05, 0.1) is 18.0 Å². The lowest BCUT2D eigenvalue weighted by molar-refractivity contribution is -0.120. The lowest BCUT2D eigenvalue weighted by Gasteiger charge is -2.26. The van der Waals surface area contributed by atoms with Crippen LogP contribution < -0.4 is 9.62 Å². The van der Waals surface area contributed by atoms with Gasteiger partial charge in [-0.3, -0.25) is 9.10 Å². The van der Waals surface area contributed by atoms with Crippen molar-refractivity contribution in [2.75, 3.05) is 17.1 Å². The lowest BCUT2D eigenvalue weighted by atomic mass is 9.89. The Morgan fingerprint density at radius 3 is 2.45 bits per heavy atom. The number of sulfonamides is 1. The number of hydrogen-bond donors (Lipinski definition) is 1. The van der Waals surface area contributed by atoms with Crippen molar-refractivity contribution in [1.29, 1.82) is 0 Å². The van der Waals surface area contributed by atoms with E-state index < -0.39 is 10.0 Å². The zero-order chi connectivity index (χ0) is 21.0. The fourth-order valence-electron chi connectivity index (χ4n) is 3.99. The van der Waals surface area contributed by atoms with Crippen LogP contribution in [0.4, 0.5) is 5.69 Å². The molecule has 1 aliphatic rings. The number of hydrogen-bond acceptors (Lipinski definition) is 3. The molecule has 2 aromatic rings. The third kappa shape index (κ3) is 5.18. The van der Waals surface area contributed by atoms with Crippen molar-refractivity contribution in [3.8, 4) is 0 Å². The molecule has 0 saturated carbocycles. The van der Waals surface area contributed by atoms with E-state index in [1.165, 1.54) is 28.3 Å². The molecule has 0 aromatic heterocycles. The van der Waals surface area contributed by atoms with Gasteiger partial charge in [-0.2, -0.15) is 0 Å². The summed E-state index contributed by atoms with van der Waals surface area (Å²) in [6.45, 7) is 3.64. The van der Waals surface area contributed by atoms with E-state index in [9.17, 15) is 13.2 Å². The summed E-state index contributed by atoms with van der Waals surface area (Å²) in [5.74, 6) is -0.303. The Bertz CT molecular complexity index is 985. The summed E-state index contributed by atoms with van der Waals surface area (Å²) in [4.78, 5) is 12.8. The van der Waals surface area contributed by atoms with E-state index in [-0.39, 0.29) is 18.5 Å². The number of aryl methyl sites for hydroxylation is 3. The molecule has 0 bridgehead atoms. The van der Waals surface area contributed by atoms with Gasteiger partial charge in [0.25, 0.3) is 0 Å². The van der Waals surface area contributed by atoms with Crippen LogP contribution >= 0.6 is 0 Å². The molecule has 1 atom stereocenters. The van der Waals surface area contributed by atoms with E-state index >= 15 is 0 Å². The largest absolute Gasteiger partial charge is 0.348 e. The predicted molar refractivity (Wildman–Crippen MR) is 118 cm³/mol. The monoisotopic (exact) mass is 414 g/mol. The Hall–Kier alpha value is -2.34. The summed E-state index contributed by atoms with van der Waals surface area (Å²) >= 11 is 0. The molecule has 0 radical (unpaired) electrons. The van der Waals surface area contributed by atoms with E-state index in [1.54, 1.807) is 12.1 Å². The van der Waals surface area contributed by atoms with Crippen molar-refractivity contribution in [2.45, 2.75) is 52.0 Å². The third-order valence-electron chi connectivity index (χ3n) is 5.59. The van der Waals surface area contributed by atoms with Crippen LogP contribution in [0.1, 0.15) is 54.5 Å². The predicted octanol–water partition coefficient (Wildman–Crippen LogP) is 3.91. The molecule has 0 aliphatic heterocycles. The smallest absolute Gasteiger partial charge is 0.241 e. The second-order valence-electron chi connectivity index (χ2n) is 7.82. The zero-order valence-electron chi connectivity index (χ0n) is 17.4. The highest BCUT2D eigenvalue weighted by Gasteiger charge is 2.24. The molecular weight excluding hydrogens is 384 g/mol. The standard InChI is InChI=1S/C23H30N2O3S/c1-4-21(20-14-13-18-10-6-7-11-19(18)15-20)24-23(26)16-25(29(3,27)28)22-12-8-5-9-17(22)2/h5,8-9,12-15,21H,4,6-7,10-11,16H2,1-3H3,(H,24,26)/t21-/m0/s1. The molecule has 29 heavy (non-hydrogen) atoms. The highest BCUT2D eigenvalue weighted by molar-refractivity contribution is 7.92. The van der Waals surface area contributed by atoms with Gasteiger partial charge in [-0.15, -0.1) is 0 Å². The molecule has 6 heteroatoms. The van der Waals surface area contributed by atoms with E-state index in [4.69, 9.17) is 0 Å². The average Bonchev–Trinajstić information content (AvgIpc) is 2.70. The fraction of sp³-hybridized carbons (Fsp3) is 0.435. The van der Waals surface area contributed by atoms with Gasteiger partial charge in [0, 0.05) is 0 Å². The number of nitrogens with one attached hydrogen (secondary N) is 1. The van der Waals surface area contributed by atoms with E-state index in [0.29, 0.717) is 5.69 Å². The number of nitrogens with zero attached hydrogens (tertiary/aromatic N) is 1. The van der Waals surface area contributed by atoms with Crippen LogP contribution in [0.2, 0.25) is 0 Å². The molecule has 1 N–H and O–H groups in total. The number of benzene rings is 2. The van der Waals surface area contributed by atoms with Crippen molar-refractivity contribution >= 4 is 21.6 Å². The van der Waals surface area contributed by atoms with Crippen molar-refractivity contribution < 1.29 is 13.2 Å². The summed E-state index contributed by atoms with van der Waals surface area (Å²) in [5.41, 5.74) is 5.21. The molecule has 156 valence electrons. The van der Waals surface area contributed by atoms with Crippen LogP contribution in [0, 0.1) is 6.92 Å². The number of amides is 1. The molecule has 0 fully saturated rings. The number of carbonyl (C=O) groups excluding carboxylic acids is 1. The van der Waals surface area contributed by atoms with Gasteiger partial charge < -0.3 is 5.32 Å². The number of para-hydroxylation sites is 1. The number of carbonyl (C=O) groups is 1. The van der Waals surface area contributed by atoms with E-state index in [1.807, 2.05) is 26.0 Å². The van der Waals surface area contributed by atoms with Crippen molar-refractivity contribution in [1.82, 2.24) is 5.32 Å². The summed E-state index contributed by atoms with van der Waals surface area (Å²) in [6, 6.07) is 13.5. The maximum atomic E-state index is 12.8. The van der Waals surface area contributed by atoms with Gasteiger partial charge >= 0.3 is 0 Å². The maximum Gasteiger partial charge on any atom is 0.241 e. The summed E-state index contributed by atoms with van der Waals surface area (Å²) < 4.78 is 25.9. The highest BCUT2D eigenvalue weighted by atomic mass is 32.2. The van der Waals surface area contributed by atoms with Gasteiger partial charge in [0.2, 0.25) is 15.9 Å². The van der Waals surface area contributed by atoms with Gasteiger partial charge in [0.15, 0.2) is 0 Å². The molecule has 0 unspecified atom stereocenters. The third-order valence-corrected chi connectivity index (χ3v) is 6.72. The molecule has 3 rings (SSSR count). The molecule has 0 heterocycles.